The Morgan fingerprint density at radius 2 is 2.14 bits per heavy atom. The van der Waals surface area contributed by atoms with E-state index in [4.69, 9.17) is 18.0 Å². The second-order valence-corrected chi connectivity index (χ2v) is 6.07. The highest BCUT2D eigenvalue weighted by molar-refractivity contribution is 7.80. The van der Waals surface area contributed by atoms with Crippen molar-refractivity contribution in [1.29, 1.82) is 0 Å². The Kier molecular flexibility index (Phi) is 5.70. The second kappa shape index (κ2) is 7.52. The number of hydrogen-bond acceptors (Lipinski definition) is 3. The van der Waals surface area contributed by atoms with Gasteiger partial charge in [-0.1, -0.05) is 30.8 Å². The van der Waals surface area contributed by atoms with Crippen molar-refractivity contribution in [2.45, 2.75) is 38.1 Å². The number of nitrogens with two attached hydrogens (primary N) is 1. The van der Waals surface area contributed by atoms with E-state index in [1.54, 1.807) is 0 Å². The Labute approximate surface area is 131 Å². The van der Waals surface area contributed by atoms with Gasteiger partial charge in [0, 0.05) is 18.0 Å². The third-order valence-electron chi connectivity index (χ3n) is 4.08. The molecule has 1 aromatic rings. The largest absolute Gasteiger partial charge is 0.389 e. The molecule has 4 nitrogen and oxygen atoms in total. The van der Waals surface area contributed by atoms with Crippen LogP contribution in [0.3, 0.4) is 0 Å². The van der Waals surface area contributed by atoms with Gasteiger partial charge in [0.1, 0.15) is 4.99 Å². The highest BCUT2D eigenvalue weighted by Gasteiger charge is 2.21. The molecule has 0 unspecified atom stereocenters. The van der Waals surface area contributed by atoms with E-state index >= 15 is 0 Å². The first-order chi connectivity index (χ1) is 10.1. The molecule has 0 spiro atoms. The van der Waals surface area contributed by atoms with Gasteiger partial charge >= 0.3 is 0 Å². The molecule has 114 valence electrons. The van der Waals surface area contributed by atoms with Crippen molar-refractivity contribution >= 4 is 28.8 Å². The van der Waals surface area contributed by atoms with Gasteiger partial charge in [0.05, 0.1) is 5.69 Å². The minimum Gasteiger partial charge on any atom is -0.389 e. The zero-order valence-corrected chi connectivity index (χ0v) is 13.3. The molecule has 3 N–H and O–H groups in total. The van der Waals surface area contributed by atoms with Gasteiger partial charge in [-0.3, -0.25) is 4.79 Å². The highest BCUT2D eigenvalue weighted by atomic mass is 32.1. The van der Waals surface area contributed by atoms with E-state index in [9.17, 15) is 4.79 Å². The number of benzene rings is 1. The number of carbonyl (C=O) groups excluding carboxylic acids is 1. The van der Waals surface area contributed by atoms with Crippen molar-refractivity contribution in [1.82, 2.24) is 4.90 Å². The topological polar surface area (TPSA) is 58.4 Å². The van der Waals surface area contributed by atoms with Crippen LogP contribution >= 0.6 is 12.2 Å². The maximum Gasteiger partial charge on any atom is 0.224 e. The van der Waals surface area contributed by atoms with Crippen molar-refractivity contribution < 1.29 is 4.79 Å². The van der Waals surface area contributed by atoms with E-state index < -0.39 is 0 Å². The third kappa shape index (κ3) is 4.51. The standard InChI is InChI=1S/C16H23N3OS/c1-19(12-6-4-7-12)11-5-10-15(20)18-14-9-3-2-8-13(14)16(17)21/h2-3,8-9,12H,4-7,10-11H2,1H3,(H2,17,21)(H,18,20). The van der Waals surface area contributed by atoms with Gasteiger partial charge in [0.2, 0.25) is 5.91 Å². The van der Waals surface area contributed by atoms with E-state index in [1.807, 2.05) is 24.3 Å². The quantitative estimate of drug-likeness (QED) is 0.760. The number of anilines is 1. The average molecular weight is 305 g/mol. The van der Waals surface area contributed by atoms with E-state index in [-0.39, 0.29) is 5.91 Å². The molecular formula is C16H23N3OS. The summed E-state index contributed by atoms with van der Waals surface area (Å²) in [6.45, 7) is 0.967. The van der Waals surface area contributed by atoms with E-state index in [1.165, 1.54) is 19.3 Å². The van der Waals surface area contributed by atoms with Crippen molar-refractivity contribution in [3.05, 3.63) is 29.8 Å². The van der Waals surface area contributed by atoms with Crippen LogP contribution in [0.2, 0.25) is 0 Å². The van der Waals surface area contributed by atoms with Crippen LogP contribution in [0.5, 0.6) is 0 Å². The first-order valence-corrected chi connectivity index (χ1v) is 7.87. The Hall–Kier alpha value is -1.46. The molecule has 0 saturated heterocycles. The lowest BCUT2D eigenvalue weighted by atomic mass is 9.92. The lowest BCUT2D eigenvalue weighted by molar-refractivity contribution is -0.116. The van der Waals surface area contributed by atoms with Crippen LogP contribution in [0.4, 0.5) is 5.69 Å². The maximum atomic E-state index is 12.0. The van der Waals surface area contributed by atoms with Crippen LogP contribution in [0.25, 0.3) is 0 Å². The number of nitrogens with one attached hydrogen (secondary N) is 1. The summed E-state index contributed by atoms with van der Waals surface area (Å²) in [5.41, 5.74) is 7.07. The Bertz CT molecular complexity index is 514. The van der Waals surface area contributed by atoms with Crippen LogP contribution in [0.1, 0.15) is 37.7 Å². The predicted octanol–water partition coefficient (Wildman–Crippen LogP) is 2.52. The molecule has 1 fully saturated rings. The summed E-state index contributed by atoms with van der Waals surface area (Å²) in [5.74, 6) is 0.0145. The lowest BCUT2D eigenvalue weighted by Crippen LogP contribution is -2.37. The van der Waals surface area contributed by atoms with Gasteiger partial charge in [-0.15, -0.1) is 0 Å². The molecule has 2 rings (SSSR count). The number of nitrogens with zero attached hydrogens (tertiary/aromatic N) is 1. The molecule has 1 aliphatic carbocycles. The fraction of sp³-hybridized carbons (Fsp3) is 0.500. The molecule has 1 aliphatic rings. The molecule has 5 heteroatoms. The first-order valence-electron chi connectivity index (χ1n) is 7.47. The van der Waals surface area contributed by atoms with Crippen LogP contribution in [-0.4, -0.2) is 35.4 Å². The monoisotopic (exact) mass is 305 g/mol. The molecule has 0 radical (unpaired) electrons. The van der Waals surface area contributed by atoms with E-state index in [0.717, 1.165) is 19.0 Å². The number of para-hydroxylation sites is 1. The Morgan fingerprint density at radius 3 is 2.76 bits per heavy atom. The minimum absolute atomic E-state index is 0.0145. The summed E-state index contributed by atoms with van der Waals surface area (Å²) in [6, 6.07) is 8.10. The number of thiocarbonyl (C=S) groups is 1. The van der Waals surface area contributed by atoms with Crippen LogP contribution < -0.4 is 11.1 Å². The molecule has 0 bridgehead atoms. The molecule has 21 heavy (non-hydrogen) atoms. The van der Waals surface area contributed by atoms with Gasteiger partial charge < -0.3 is 16.0 Å². The summed E-state index contributed by atoms with van der Waals surface area (Å²) in [6.07, 6.45) is 5.32. The van der Waals surface area contributed by atoms with E-state index in [2.05, 4.69) is 17.3 Å². The molecular weight excluding hydrogens is 282 g/mol. The van der Waals surface area contributed by atoms with Gasteiger partial charge in [0.15, 0.2) is 0 Å². The molecule has 0 atom stereocenters. The van der Waals surface area contributed by atoms with Crippen LogP contribution in [0.15, 0.2) is 24.3 Å². The highest BCUT2D eigenvalue weighted by Crippen LogP contribution is 2.23. The summed E-state index contributed by atoms with van der Waals surface area (Å²) in [7, 11) is 2.14. The lowest BCUT2D eigenvalue weighted by Gasteiger charge is -2.34. The summed E-state index contributed by atoms with van der Waals surface area (Å²) in [5, 5.41) is 2.90. The normalized spacial score (nSPS) is 14.8. The van der Waals surface area contributed by atoms with Gasteiger partial charge in [-0.05, 0) is 45.0 Å². The maximum absolute atomic E-state index is 12.0. The van der Waals surface area contributed by atoms with Gasteiger partial charge in [-0.25, -0.2) is 0 Å². The molecule has 0 aromatic heterocycles. The van der Waals surface area contributed by atoms with Crippen LogP contribution in [0, 0.1) is 0 Å². The summed E-state index contributed by atoms with van der Waals surface area (Å²) >= 11 is 4.99. The zero-order chi connectivity index (χ0) is 15.2. The van der Waals surface area contributed by atoms with Crippen molar-refractivity contribution in [2.24, 2.45) is 5.73 Å². The number of rotatable bonds is 7. The SMILES string of the molecule is CN(CCCC(=O)Nc1ccccc1C(N)=S)C1CCC1. The fourth-order valence-corrected chi connectivity index (χ4v) is 2.70. The fourth-order valence-electron chi connectivity index (χ4n) is 2.52. The third-order valence-corrected chi connectivity index (χ3v) is 4.30. The second-order valence-electron chi connectivity index (χ2n) is 5.63. The van der Waals surface area contributed by atoms with Gasteiger partial charge in [-0.2, -0.15) is 0 Å². The Balaban J connectivity index is 1.78. The number of carbonyl (C=O) groups is 1. The molecule has 1 aromatic carbocycles. The molecule has 0 heterocycles. The number of amides is 1. The molecule has 1 saturated carbocycles. The summed E-state index contributed by atoms with van der Waals surface area (Å²) < 4.78 is 0. The van der Waals surface area contributed by atoms with Crippen molar-refractivity contribution in [3.63, 3.8) is 0 Å². The smallest absolute Gasteiger partial charge is 0.224 e. The van der Waals surface area contributed by atoms with Crippen molar-refractivity contribution in [2.75, 3.05) is 18.9 Å². The van der Waals surface area contributed by atoms with Crippen LogP contribution in [-0.2, 0) is 4.79 Å². The number of hydrogen-bond donors (Lipinski definition) is 2. The van der Waals surface area contributed by atoms with Crippen molar-refractivity contribution in [3.8, 4) is 0 Å². The van der Waals surface area contributed by atoms with E-state index in [0.29, 0.717) is 22.7 Å². The first kappa shape index (κ1) is 15.9. The Morgan fingerprint density at radius 1 is 1.43 bits per heavy atom. The summed E-state index contributed by atoms with van der Waals surface area (Å²) in [4.78, 5) is 14.7. The predicted molar refractivity (Wildman–Crippen MR) is 90.5 cm³/mol. The molecule has 1 amide bonds. The zero-order valence-electron chi connectivity index (χ0n) is 12.5. The van der Waals surface area contributed by atoms with Gasteiger partial charge in [0.25, 0.3) is 0 Å². The molecule has 0 aliphatic heterocycles. The minimum atomic E-state index is 0.0145. The average Bonchev–Trinajstić information content (AvgIpc) is 2.36.